The van der Waals surface area contributed by atoms with E-state index in [1.807, 2.05) is 30.2 Å². The predicted octanol–water partition coefficient (Wildman–Crippen LogP) is 0.897. The first-order valence-corrected chi connectivity index (χ1v) is 11.4. The molecule has 0 spiro atoms. The lowest BCUT2D eigenvalue weighted by Gasteiger charge is -2.34. The zero-order chi connectivity index (χ0) is 21.3. The number of aromatic nitrogens is 5. The van der Waals surface area contributed by atoms with Crippen molar-refractivity contribution in [3.05, 3.63) is 36.5 Å². The molecule has 1 fully saturated rings. The molecule has 4 rings (SSSR count). The van der Waals surface area contributed by atoms with E-state index in [-0.39, 0.29) is 15.2 Å². The predicted molar refractivity (Wildman–Crippen MR) is 111 cm³/mol. The number of nitrogens with one attached hydrogen (secondary N) is 1. The molecule has 30 heavy (non-hydrogen) atoms. The van der Waals surface area contributed by atoms with Gasteiger partial charge in [-0.25, -0.2) is 28.1 Å². The lowest BCUT2D eigenvalue weighted by molar-refractivity contribution is -0.114. The number of nitrogens with zero attached hydrogens (tertiary/aromatic N) is 7. The van der Waals surface area contributed by atoms with E-state index in [9.17, 15) is 13.2 Å². The Hall–Kier alpha value is -2.90. The number of hydrogen-bond acceptors (Lipinski definition) is 9. The number of hydrogen-bond donors (Lipinski definition) is 1. The van der Waals surface area contributed by atoms with Crippen LogP contribution in [0.25, 0.3) is 5.82 Å². The number of sulfonamides is 1. The Balaban J connectivity index is 1.45. The summed E-state index contributed by atoms with van der Waals surface area (Å²) in [5, 5.41) is 7.13. The van der Waals surface area contributed by atoms with Gasteiger partial charge >= 0.3 is 0 Å². The number of aryl methyl sites for hydroxylation is 1. The van der Waals surface area contributed by atoms with Crippen LogP contribution in [0.2, 0.25) is 0 Å². The molecule has 0 bridgehead atoms. The first kappa shape index (κ1) is 20.4. The summed E-state index contributed by atoms with van der Waals surface area (Å²) in [5.74, 6) is 1.07. The third-order valence-electron chi connectivity index (χ3n) is 4.52. The summed E-state index contributed by atoms with van der Waals surface area (Å²) in [6.45, 7) is 4.86. The highest BCUT2D eigenvalue weighted by atomic mass is 32.2. The van der Waals surface area contributed by atoms with Crippen molar-refractivity contribution in [2.45, 2.75) is 18.1 Å². The Bertz CT molecular complexity index is 1170. The molecule has 1 aliphatic heterocycles. The molecule has 0 atom stereocenters. The molecule has 158 valence electrons. The van der Waals surface area contributed by atoms with E-state index in [0.29, 0.717) is 32.0 Å². The molecule has 1 amide bonds. The average Bonchev–Trinajstić information content (AvgIpc) is 3.37. The number of thiazole rings is 1. The topological polar surface area (TPSA) is 126 Å². The maximum absolute atomic E-state index is 12.9. The molecule has 0 saturated carbocycles. The highest BCUT2D eigenvalue weighted by molar-refractivity contribution is 7.91. The van der Waals surface area contributed by atoms with Crippen molar-refractivity contribution in [2.24, 2.45) is 0 Å². The van der Waals surface area contributed by atoms with Crippen molar-refractivity contribution >= 4 is 38.2 Å². The van der Waals surface area contributed by atoms with Gasteiger partial charge in [-0.3, -0.25) is 4.79 Å². The van der Waals surface area contributed by atoms with Crippen LogP contribution in [-0.4, -0.2) is 69.5 Å². The molecule has 4 heterocycles. The monoisotopic (exact) mass is 448 g/mol. The van der Waals surface area contributed by atoms with Gasteiger partial charge in [0, 0.05) is 45.4 Å². The maximum atomic E-state index is 12.9. The van der Waals surface area contributed by atoms with Crippen molar-refractivity contribution in [2.75, 3.05) is 36.4 Å². The van der Waals surface area contributed by atoms with Gasteiger partial charge in [-0.2, -0.15) is 9.40 Å². The summed E-state index contributed by atoms with van der Waals surface area (Å²) >= 11 is 0.944. The van der Waals surface area contributed by atoms with Crippen LogP contribution in [0, 0.1) is 6.92 Å². The number of anilines is 2. The minimum absolute atomic E-state index is 0.109. The standard InChI is InChI=1S/C17H20N8O3S2/c1-12-3-4-25(22-12)15-9-14(19-11-20-15)23-5-7-24(8-6-23)30(27,28)16-10-18-17(29-16)21-13(2)26/h3-4,9-11H,5-8H2,1-2H3,(H,18,21,26). The number of piperazine rings is 1. The summed E-state index contributed by atoms with van der Waals surface area (Å²) in [6.07, 6.45) is 4.59. The third-order valence-corrected chi connectivity index (χ3v) is 7.77. The lowest BCUT2D eigenvalue weighted by Crippen LogP contribution is -2.48. The second-order valence-corrected chi connectivity index (χ2v) is 9.89. The summed E-state index contributed by atoms with van der Waals surface area (Å²) in [6, 6.07) is 3.72. The average molecular weight is 449 g/mol. The van der Waals surface area contributed by atoms with Crippen LogP contribution in [0.1, 0.15) is 12.6 Å². The molecular weight excluding hydrogens is 428 g/mol. The van der Waals surface area contributed by atoms with Crippen molar-refractivity contribution < 1.29 is 13.2 Å². The Kier molecular flexibility index (Phi) is 5.49. The van der Waals surface area contributed by atoms with Crippen molar-refractivity contribution in [3.63, 3.8) is 0 Å². The van der Waals surface area contributed by atoms with E-state index in [1.165, 1.54) is 23.8 Å². The van der Waals surface area contributed by atoms with Gasteiger partial charge in [-0.05, 0) is 13.0 Å². The molecule has 1 aliphatic rings. The molecule has 0 aliphatic carbocycles. The molecule has 13 heteroatoms. The number of carbonyl (C=O) groups excluding carboxylic acids is 1. The Morgan fingerprint density at radius 2 is 1.87 bits per heavy atom. The Morgan fingerprint density at radius 1 is 1.13 bits per heavy atom. The van der Waals surface area contributed by atoms with Gasteiger partial charge in [0.15, 0.2) is 15.2 Å². The molecule has 3 aromatic rings. The normalized spacial score (nSPS) is 15.3. The summed E-state index contributed by atoms with van der Waals surface area (Å²) in [4.78, 5) is 25.7. The third kappa shape index (κ3) is 4.17. The van der Waals surface area contributed by atoms with E-state index < -0.39 is 10.0 Å². The number of carbonyl (C=O) groups is 1. The van der Waals surface area contributed by atoms with E-state index in [1.54, 1.807) is 4.68 Å². The van der Waals surface area contributed by atoms with E-state index in [4.69, 9.17) is 0 Å². The summed E-state index contributed by atoms with van der Waals surface area (Å²) < 4.78 is 29.0. The summed E-state index contributed by atoms with van der Waals surface area (Å²) in [7, 11) is -3.67. The van der Waals surface area contributed by atoms with Gasteiger partial charge in [0.25, 0.3) is 10.0 Å². The largest absolute Gasteiger partial charge is 0.354 e. The zero-order valence-electron chi connectivity index (χ0n) is 16.4. The SMILES string of the molecule is CC(=O)Nc1ncc(S(=O)(=O)N2CCN(c3cc(-n4ccc(C)n4)ncn3)CC2)s1. The van der Waals surface area contributed by atoms with Crippen molar-refractivity contribution in [1.29, 1.82) is 0 Å². The van der Waals surface area contributed by atoms with Crippen LogP contribution < -0.4 is 10.2 Å². The first-order chi connectivity index (χ1) is 14.3. The highest BCUT2D eigenvalue weighted by Gasteiger charge is 2.31. The fraction of sp³-hybridized carbons (Fsp3) is 0.353. The number of rotatable bonds is 5. The van der Waals surface area contributed by atoms with Crippen molar-refractivity contribution in [3.8, 4) is 5.82 Å². The molecular formula is C17H20N8O3S2. The van der Waals surface area contributed by atoms with Gasteiger partial charge in [-0.1, -0.05) is 11.3 Å². The minimum atomic E-state index is -3.67. The van der Waals surface area contributed by atoms with Crippen LogP contribution in [0.3, 0.4) is 0 Å². The second kappa shape index (κ2) is 8.08. The molecule has 0 aromatic carbocycles. The van der Waals surface area contributed by atoms with Gasteiger partial charge in [-0.15, -0.1) is 0 Å². The Labute approximate surface area is 177 Å². The molecule has 0 unspecified atom stereocenters. The quantitative estimate of drug-likeness (QED) is 0.610. The highest BCUT2D eigenvalue weighted by Crippen LogP contribution is 2.27. The molecule has 3 aromatic heterocycles. The molecule has 1 saturated heterocycles. The zero-order valence-corrected chi connectivity index (χ0v) is 18.0. The minimum Gasteiger partial charge on any atom is -0.354 e. The van der Waals surface area contributed by atoms with E-state index >= 15 is 0 Å². The van der Waals surface area contributed by atoms with Gasteiger partial charge < -0.3 is 10.2 Å². The fourth-order valence-corrected chi connectivity index (χ4v) is 5.70. The van der Waals surface area contributed by atoms with Crippen molar-refractivity contribution in [1.82, 2.24) is 29.0 Å². The maximum Gasteiger partial charge on any atom is 0.254 e. The Morgan fingerprint density at radius 3 is 2.53 bits per heavy atom. The summed E-state index contributed by atoms with van der Waals surface area (Å²) in [5.41, 5.74) is 0.888. The lowest BCUT2D eigenvalue weighted by atomic mass is 10.3. The molecule has 0 radical (unpaired) electrons. The van der Waals surface area contributed by atoms with Gasteiger partial charge in [0.1, 0.15) is 12.1 Å². The molecule has 1 N–H and O–H groups in total. The fourth-order valence-electron chi connectivity index (χ4n) is 3.05. The van der Waals surface area contributed by atoms with Crippen LogP contribution in [0.4, 0.5) is 10.9 Å². The van der Waals surface area contributed by atoms with E-state index in [2.05, 4.69) is 25.4 Å². The van der Waals surface area contributed by atoms with E-state index in [0.717, 1.165) is 22.8 Å². The second-order valence-electron chi connectivity index (χ2n) is 6.69. The van der Waals surface area contributed by atoms with Crippen LogP contribution >= 0.6 is 11.3 Å². The number of amides is 1. The van der Waals surface area contributed by atoms with Gasteiger partial charge in [0.05, 0.1) is 11.9 Å². The molecule has 11 nitrogen and oxygen atoms in total. The van der Waals surface area contributed by atoms with Gasteiger partial charge in [0.2, 0.25) is 5.91 Å². The van der Waals surface area contributed by atoms with Crippen LogP contribution in [-0.2, 0) is 14.8 Å². The smallest absolute Gasteiger partial charge is 0.254 e. The first-order valence-electron chi connectivity index (χ1n) is 9.16. The van der Waals surface area contributed by atoms with Crippen LogP contribution in [0.5, 0.6) is 0 Å². The van der Waals surface area contributed by atoms with Crippen LogP contribution in [0.15, 0.2) is 35.1 Å².